The van der Waals surface area contributed by atoms with E-state index >= 15 is 0 Å². The number of hydrogen-bond donors (Lipinski definition) is 1. The Balaban J connectivity index is 1.87. The molecule has 1 N–H and O–H groups in total. The first-order valence-electron chi connectivity index (χ1n) is 6.91. The van der Waals surface area contributed by atoms with Crippen LogP contribution in [-0.2, 0) is 4.79 Å². The van der Waals surface area contributed by atoms with Crippen LogP contribution in [0.4, 0.5) is 0 Å². The SMILES string of the molecule is O=C(O)C(=O)c1ccccc1Oc1ccn(-c2ccc(Cl)cc2)n1. The number of carbonyl (C=O) groups is 2. The Morgan fingerprint density at radius 3 is 2.46 bits per heavy atom. The molecule has 0 aliphatic rings. The van der Waals surface area contributed by atoms with Crippen LogP contribution in [0.15, 0.2) is 60.8 Å². The lowest BCUT2D eigenvalue weighted by atomic mass is 10.1. The third-order valence-corrected chi connectivity index (χ3v) is 3.45. The molecule has 1 heterocycles. The van der Waals surface area contributed by atoms with Gasteiger partial charge in [0.1, 0.15) is 5.75 Å². The Bertz CT molecular complexity index is 903. The minimum absolute atomic E-state index is 0.0361. The maximum Gasteiger partial charge on any atom is 0.377 e. The van der Waals surface area contributed by atoms with Crippen molar-refractivity contribution >= 4 is 23.4 Å². The largest absolute Gasteiger partial charge is 0.475 e. The zero-order valence-electron chi connectivity index (χ0n) is 12.2. The van der Waals surface area contributed by atoms with Gasteiger partial charge in [0.05, 0.1) is 11.3 Å². The predicted molar refractivity (Wildman–Crippen MR) is 87.1 cm³/mol. The maximum absolute atomic E-state index is 11.7. The summed E-state index contributed by atoms with van der Waals surface area (Å²) in [4.78, 5) is 22.6. The number of carboxylic acids is 1. The van der Waals surface area contributed by atoms with Crippen LogP contribution in [-0.4, -0.2) is 26.6 Å². The lowest BCUT2D eigenvalue weighted by Crippen LogP contribution is -2.13. The number of carboxylic acid groups (broad SMARTS) is 1. The van der Waals surface area contributed by atoms with E-state index in [4.69, 9.17) is 21.4 Å². The maximum atomic E-state index is 11.7. The lowest BCUT2D eigenvalue weighted by Gasteiger charge is -2.06. The van der Waals surface area contributed by atoms with E-state index in [0.29, 0.717) is 5.02 Å². The summed E-state index contributed by atoms with van der Waals surface area (Å²) < 4.78 is 7.14. The third kappa shape index (κ3) is 3.28. The highest BCUT2D eigenvalue weighted by molar-refractivity contribution is 6.40. The molecular weight excluding hydrogens is 332 g/mol. The second-order valence-corrected chi connectivity index (χ2v) is 5.24. The van der Waals surface area contributed by atoms with Gasteiger partial charge in [-0.15, -0.1) is 5.10 Å². The smallest absolute Gasteiger partial charge is 0.377 e. The van der Waals surface area contributed by atoms with Crippen molar-refractivity contribution in [3.05, 3.63) is 71.4 Å². The van der Waals surface area contributed by atoms with Gasteiger partial charge in [0.2, 0.25) is 5.88 Å². The highest BCUT2D eigenvalue weighted by Gasteiger charge is 2.19. The van der Waals surface area contributed by atoms with E-state index in [1.807, 2.05) is 0 Å². The molecule has 0 aliphatic carbocycles. The molecule has 0 spiro atoms. The normalized spacial score (nSPS) is 10.4. The summed E-state index contributed by atoms with van der Waals surface area (Å²) >= 11 is 5.85. The molecule has 1 aromatic heterocycles. The fourth-order valence-electron chi connectivity index (χ4n) is 2.07. The molecule has 3 rings (SSSR count). The standard InChI is InChI=1S/C17H11ClN2O4/c18-11-5-7-12(8-6-11)20-10-9-15(19-20)24-14-4-2-1-3-13(14)16(21)17(22)23/h1-10H,(H,22,23). The molecule has 6 nitrogen and oxygen atoms in total. The van der Waals surface area contributed by atoms with E-state index in [0.717, 1.165) is 5.69 Å². The van der Waals surface area contributed by atoms with Gasteiger partial charge in [-0.1, -0.05) is 23.7 Å². The Hall–Kier alpha value is -3.12. The predicted octanol–water partition coefficient (Wildman–Crippen LogP) is 3.59. The summed E-state index contributed by atoms with van der Waals surface area (Å²) in [5, 5.41) is 13.7. The Labute approximate surface area is 141 Å². The van der Waals surface area contributed by atoms with Gasteiger partial charge in [0, 0.05) is 17.3 Å². The lowest BCUT2D eigenvalue weighted by molar-refractivity contribution is -0.131. The zero-order chi connectivity index (χ0) is 17.1. The second-order valence-electron chi connectivity index (χ2n) is 4.81. The van der Waals surface area contributed by atoms with Gasteiger partial charge >= 0.3 is 5.97 Å². The molecule has 120 valence electrons. The quantitative estimate of drug-likeness (QED) is 0.566. The van der Waals surface area contributed by atoms with Crippen molar-refractivity contribution in [3.63, 3.8) is 0 Å². The second kappa shape index (κ2) is 6.55. The number of halogens is 1. The summed E-state index contributed by atoms with van der Waals surface area (Å²) in [6.07, 6.45) is 1.68. The Morgan fingerprint density at radius 1 is 1.04 bits per heavy atom. The minimum Gasteiger partial charge on any atom is -0.475 e. The Kier molecular flexibility index (Phi) is 4.31. The van der Waals surface area contributed by atoms with Crippen molar-refractivity contribution < 1.29 is 19.4 Å². The van der Waals surface area contributed by atoms with Crippen LogP contribution in [0, 0.1) is 0 Å². The number of carbonyl (C=O) groups excluding carboxylic acids is 1. The molecule has 0 bridgehead atoms. The first kappa shape index (κ1) is 15.8. The highest BCUT2D eigenvalue weighted by Crippen LogP contribution is 2.25. The van der Waals surface area contributed by atoms with Gasteiger partial charge in [0.25, 0.3) is 5.78 Å². The van der Waals surface area contributed by atoms with Crippen LogP contribution in [0.2, 0.25) is 5.02 Å². The molecular formula is C17H11ClN2O4. The molecule has 2 aromatic carbocycles. The number of Topliss-reactive ketones (excluding diaryl/α,β-unsaturated/α-hetero) is 1. The summed E-state index contributed by atoms with van der Waals surface area (Å²) in [5.74, 6) is -2.22. The number of hydrogen-bond acceptors (Lipinski definition) is 4. The van der Waals surface area contributed by atoms with Gasteiger partial charge in [0.15, 0.2) is 0 Å². The van der Waals surface area contributed by atoms with Crippen molar-refractivity contribution in [2.45, 2.75) is 0 Å². The summed E-state index contributed by atoms with van der Waals surface area (Å²) in [5.41, 5.74) is 0.746. The number of nitrogens with zero attached hydrogens (tertiary/aromatic N) is 2. The van der Waals surface area contributed by atoms with E-state index in [1.54, 1.807) is 53.3 Å². The van der Waals surface area contributed by atoms with Gasteiger partial charge in [-0.2, -0.15) is 0 Å². The van der Waals surface area contributed by atoms with Crippen LogP contribution in [0.3, 0.4) is 0 Å². The van der Waals surface area contributed by atoms with Crippen LogP contribution in [0.25, 0.3) is 5.69 Å². The number of para-hydroxylation sites is 1. The van der Waals surface area contributed by atoms with E-state index in [9.17, 15) is 9.59 Å². The fraction of sp³-hybridized carbons (Fsp3) is 0. The molecule has 3 aromatic rings. The number of ether oxygens (including phenoxy) is 1. The summed E-state index contributed by atoms with van der Waals surface area (Å²) in [7, 11) is 0. The average molecular weight is 343 g/mol. The molecule has 24 heavy (non-hydrogen) atoms. The van der Waals surface area contributed by atoms with Crippen molar-refractivity contribution in [2.24, 2.45) is 0 Å². The number of rotatable bonds is 5. The molecule has 0 aliphatic heterocycles. The molecule has 0 radical (unpaired) electrons. The van der Waals surface area contributed by atoms with Gasteiger partial charge < -0.3 is 9.84 Å². The fourth-order valence-corrected chi connectivity index (χ4v) is 2.20. The topological polar surface area (TPSA) is 81.4 Å². The van der Waals surface area contributed by atoms with Gasteiger partial charge in [-0.05, 0) is 36.4 Å². The van der Waals surface area contributed by atoms with Crippen molar-refractivity contribution in [2.75, 3.05) is 0 Å². The number of ketones is 1. The van der Waals surface area contributed by atoms with Crippen LogP contribution >= 0.6 is 11.6 Å². The Morgan fingerprint density at radius 2 is 1.75 bits per heavy atom. The highest BCUT2D eigenvalue weighted by atomic mass is 35.5. The molecule has 7 heteroatoms. The number of aliphatic carboxylic acids is 1. The van der Waals surface area contributed by atoms with E-state index in [2.05, 4.69) is 5.10 Å². The van der Waals surface area contributed by atoms with Crippen LogP contribution < -0.4 is 4.74 Å². The molecule has 0 atom stereocenters. The molecule has 0 unspecified atom stereocenters. The zero-order valence-corrected chi connectivity index (χ0v) is 13.0. The third-order valence-electron chi connectivity index (χ3n) is 3.20. The minimum atomic E-state index is -1.54. The van der Waals surface area contributed by atoms with Crippen LogP contribution in [0.5, 0.6) is 11.6 Å². The first-order valence-corrected chi connectivity index (χ1v) is 7.28. The molecule has 0 fully saturated rings. The van der Waals surface area contributed by atoms with E-state index in [-0.39, 0.29) is 17.2 Å². The monoisotopic (exact) mass is 342 g/mol. The summed E-state index contributed by atoms with van der Waals surface area (Å²) in [6, 6.07) is 14.8. The van der Waals surface area contributed by atoms with Gasteiger partial charge in [-0.3, -0.25) is 4.79 Å². The van der Waals surface area contributed by atoms with Crippen molar-refractivity contribution in [1.82, 2.24) is 9.78 Å². The molecule has 0 saturated carbocycles. The van der Waals surface area contributed by atoms with Crippen LogP contribution in [0.1, 0.15) is 10.4 Å². The number of aromatic nitrogens is 2. The number of benzene rings is 2. The van der Waals surface area contributed by atoms with Gasteiger partial charge in [-0.25, -0.2) is 9.48 Å². The van der Waals surface area contributed by atoms with Crippen molar-refractivity contribution in [1.29, 1.82) is 0 Å². The van der Waals surface area contributed by atoms with E-state index in [1.165, 1.54) is 12.1 Å². The molecule has 0 amide bonds. The first-order chi connectivity index (χ1) is 11.5. The van der Waals surface area contributed by atoms with Crippen molar-refractivity contribution in [3.8, 4) is 17.3 Å². The summed E-state index contributed by atoms with van der Waals surface area (Å²) in [6.45, 7) is 0. The average Bonchev–Trinajstić information content (AvgIpc) is 3.04. The molecule has 0 saturated heterocycles. The van der Waals surface area contributed by atoms with E-state index < -0.39 is 11.8 Å².